The number of hydrogen-bond acceptors (Lipinski definition) is 3. The van der Waals surface area contributed by atoms with Gasteiger partial charge in [-0.15, -0.1) is 0 Å². The summed E-state index contributed by atoms with van der Waals surface area (Å²) in [5.41, 5.74) is 0.220. The maximum atomic E-state index is 12.9. The molecular formula is C15H23NO3S. The molecule has 0 aromatic carbocycles. The second kappa shape index (κ2) is 4.15. The summed E-state index contributed by atoms with van der Waals surface area (Å²) in [6, 6.07) is 0. The Bertz CT molecular complexity index is 515. The predicted molar refractivity (Wildman–Crippen MR) is 77.3 cm³/mol. The Balaban J connectivity index is 1.87. The maximum Gasteiger partial charge on any atom is 0.245 e. The number of amides is 2. The smallest absolute Gasteiger partial charge is 0.245 e. The van der Waals surface area contributed by atoms with Gasteiger partial charge in [-0.25, -0.2) is 0 Å². The van der Waals surface area contributed by atoms with Crippen molar-refractivity contribution in [2.45, 2.75) is 57.0 Å². The molecule has 2 amide bonds. The molecule has 2 saturated carbocycles. The fraction of sp³-hybridized carbons (Fsp3) is 0.867. The number of imide groups is 1. The molecule has 5 atom stereocenters. The molecule has 3 rings (SSSR count). The van der Waals surface area contributed by atoms with Crippen molar-refractivity contribution in [3.05, 3.63) is 0 Å². The van der Waals surface area contributed by atoms with Crippen LogP contribution in [-0.2, 0) is 20.4 Å². The molecule has 4 nitrogen and oxygen atoms in total. The maximum absolute atomic E-state index is 12.9. The molecule has 2 bridgehead atoms. The molecule has 1 unspecified atom stereocenters. The standard InChI is InChI=1S/C15H23NO3S/c1-14(2)9-5-6-15(14,3)11(7-9)20(19)10-8-12(17)16(4)13(10)18/h9-11H,5-8H2,1-4H3/t9-,10-,11-,15+,20?/m0/s1. The van der Waals surface area contributed by atoms with Crippen LogP contribution in [0.5, 0.6) is 0 Å². The van der Waals surface area contributed by atoms with E-state index in [0.29, 0.717) is 5.92 Å². The molecule has 3 aliphatic rings. The Kier molecular flexibility index (Phi) is 2.96. The first-order valence-corrected chi connectivity index (χ1v) is 8.67. The summed E-state index contributed by atoms with van der Waals surface area (Å²) in [5, 5.41) is -0.547. The van der Waals surface area contributed by atoms with E-state index in [0.717, 1.165) is 17.7 Å². The van der Waals surface area contributed by atoms with Crippen LogP contribution in [0, 0.1) is 16.7 Å². The van der Waals surface area contributed by atoms with Crippen LogP contribution >= 0.6 is 0 Å². The first-order chi connectivity index (χ1) is 9.20. The molecule has 1 saturated heterocycles. The fourth-order valence-corrected chi connectivity index (χ4v) is 7.00. The molecule has 112 valence electrons. The van der Waals surface area contributed by atoms with E-state index in [1.807, 2.05) is 0 Å². The van der Waals surface area contributed by atoms with Crippen molar-refractivity contribution in [1.29, 1.82) is 0 Å². The highest BCUT2D eigenvalue weighted by Gasteiger charge is 2.64. The lowest BCUT2D eigenvalue weighted by atomic mass is 9.71. The number of fused-ring (bicyclic) bond motifs is 2. The Morgan fingerprint density at radius 3 is 2.30 bits per heavy atom. The van der Waals surface area contributed by atoms with Gasteiger partial charge in [0.15, 0.2) is 0 Å². The van der Waals surface area contributed by atoms with E-state index >= 15 is 0 Å². The molecule has 1 heterocycles. The van der Waals surface area contributed by atoms with Crippen molar-refractivity contribution in [3.8, 4) is 0 Å². The van der Waals surface area contributed by atoms with Gasteiger partial charge in [-0.3, -0.25) is 18.7 Å². The van der Waals surface area contributed by atoms with Crippen molar-refractivity contribution >= 4 is 22.6 Å². The molecule has 0 aromatic rings. The summed E-state index contributed by atoms with van der Waals surface area (Å²) in [4.78, 5) is 24.9. The van der Waals surface area contributed by atoms with Crippen LogP contribution in [0.2, 0.25) is 0 Å². The first kappa shape index (κ1) is 14.2. The van der Waals surface area contributed by atoms with E-state index in [2.05, 4.69) is 20.8 Å². The lowest BCUT2D eigenvalue weighted by Gasteiger charge is -2.39. The second-order valence-corrected chi connectivity index (χ2v) is 9.21. The van der Waals surface area contributed by atoms with Gasteiger partial charge in [-0.2, -0.15) is 0 Å². The first-order valence-electron chi connectivity index (χ1n) is 7.40. The van der Waals surface area contributed by atoms with Crippen LogP contribution in [0.15, 0.2) is 0 Å². The number of carbonyl (C=O) groups is 2. The van der Waals surface area contributed by atoms with Crippen LogP contribution in [0.3, 0.4) is 0 Å². The van der Waals surface area contributed by atoms with Crippen molar-refractivity contribution < 1.29 is 13.8 Å². The highest BCUT2D eigenvalue weighted by atomic mass is 32.2. The van der Waals surface area contributed by atoms with E-state index in [1.54, 1.807) is 0 Å². The molecule has 0 spiro atoms. The van der Waals surface area contributed by atoms with Gasteiger partial charge in [0.1, 0.15) is 5.25 Å². The quantitative estimate of drug-likeness (QED) is 0.729. The van der Waals surface area contributed by atoms with Crippen LogP contribution < -0.4 is 0 Å². The van der Waals surface area contributed by atoms with Gasteiger partial charge < -0.3 is 0 Å². The fourth-order valence-electron chi connectivity index (χ4n) is 4.58. The number of carbonyl (C=O) groups excluding carboxylic acids is 2. The predicted octanol–water partition coefficient (Wildman–Crippen LogP) is 1.71. The van der Waals surface area contributed by atoms with Crippen molar-refractivity contribution in [3.63, 3.8) is 0 Å². The average Bonchev–Trinajstić information content (AvgIpc) is 2.85. The SMILES string of the molecule is CN1C(=O)C[C@H](S(=O)[C@H]2C[C@@H]3CC[C@@]2(C)C3(C)C)C1=O. The van der Waals surface area contributed by atoms with Crippen LogP contribution in [0.4, 0.5) is 0 Å². The molecule has 0 N–H and O–H groups in total. The number of hydrogen-bond donors (Lipinski definition) is 0. The van der Waals surface area contributed by atoms with Crippen molar-refractivity contribution in [2.24, 2.45) is 16.7 Å². The zero-order valence-electron chi connectivity index (χ0n) is 12.6. The second-order valence-electron chi connectivity index (χ2n) is 7.41. The molecule has 0 radical (unpaired) electrons. The van der Waals surface area contributed by atoms with Gasteiger partial charge in [-0.05, 0) is 36.0 Å². The van der Waals surface area contributed by atoms with Gasteiger partial charge in [0.2, 0.25) is 11.8 Å². The topological polar surface area (TPSA) is 54.5 Å². The lowest BCUT2D eigenvalue weighted by Crippen LogP contribution is -2.42. The molecule has 20 heavy (non-hydrogen) atoms. The third-order valence-electron chi connectivity index (χ3n) is 6.61. The van der Waals surface area contributed by atoms with E-state index in [1.165, 1.54) is 13.5 Å². The Morgan fingerprint density at radius 2 is 1.90 bits per heavy atom. The molecule has 5 heteroatoms. The van der Waals surface area contributed by atoms with Crippen LogP contribution in [0.1, 0.15) is 46.5 Å². The van der Waals surface area contributed by atoms with Crippen LogP contribution in [-0.4, -0.2) is 38.5 Å². The Labute approximate surface area is 122 Å². The van der Waals surface area contributed by atoms with E-state index in [9.17, 15) is 13.8 Å². The average molecular weight is 297 g/mol. The number of nitrogens with zero attached hydrogens (tertiary/aromatic N) is 1. The summed E-state index contributed by atoms with van der Waals surface area (Å²) in [5.74, 6) is 0.157. The van der Waals surface area contributed by atoms with E-state index in [4.69, 9.17) is 0 Å². The van der Waals surface area contributed by atoms with E-state index in [-0.39, 0.29) is 34.3 Å². The molecule has 0 aromatic heterocycles. The lowest BCUT2D eigenvalue weighted by molar-refractivity contribution is -0.136. The zero-order valence-corrected chi connectivity index (χ0v) is 13.5. The molecule has 3 fully saturated rings. The summed E-state index contributed by atoms with van der Waals surface area (Å²) in [6.45, 7) is 6.78. The van der Waals surface area contributed by atoms with E-state index < -0.39 is 16.0 Å². The largest absolute Gasteiger partial charge is 0.285 e. The van der Waals surface area contributed by atoms with Gasteiger partial charge in [0.25, 0.3) is 0 Å². The molecule has 2 aliphatic carbocycles. The van der Waals surface area contributed by atoms with Crippen LogP contribution in [0.25, 0.3) is 0 Å². The minimum Gasteiger partial charge on any atom is -0.285 e. The molecule has 1 aliphatic heterocycles. The summed E-state index contributed by atoms with van der Waals surface area (Å²) >= 11 is 0. The Morgan fingerprint density at radius 1 is 1.25 bits per heavy atom. The van der Waals surface area contributed by atoms with Crippen molar-refractivity contribution in [1.82, 2.24) is 4.90 Å². The summed E-state index contributed by atoms with van der Waals surface area (Å²) < 4.78 is 12.9. The minimum absolute atomic E-state index is 0.0347. The van der Waals surface area contributed by atoms with Gasteiger partial charge >= 0.3 is 0 Å². The monoisotopic (exact) mass is 297 g/mol. The highest BCUT2D eigenvalue weighted by molar-refractivity contribution is 7.87. The third-order valence-corrected chi connectivity index (χ3v) is 8.82. The molecular weight excluding hydrogens is 274 g/mol. The summed E-state index contributed by atoms with van der Waals surface area (Å²) in [6.07, 6.45) is 3.36. The van der Waals surface area contributed by atoms with Gasteiger partial charge in [-0.1, -0.05) is 20.8 Å². The highest BCUT2D eigenvalue weighted by Crippen LogP contribution is 2.67. The Hall–Kier alpha value is -0.710. The number of likely N-dealkylation sites (tertiary alicyclic amines) is 1. The van der Waals surface area contributed by atoms with Crippen molar-refractivity contribution in [2.75, 3.05) is 7.05 Å². The minimum atomic E-state index is -1.24. The van der Waals surface area contributed by atoms with Gasteiger partial charge in [0.05, 0.1) is 6.42 Å². The summed E-state index contributed by atoms with van der Waals surface area (Å²) in [7, 11) is 0.255. The van der Waals surface area contributed by atoms with Gasteiger partial charge in [0, 0.05) is 23.1 Å². The third kappa shape index (κ3) is 1.56. The zero-order chi connectivity index (χ0) is 14.9. The number of rotatable bonds is 2. The normalized spacial score (nSPS) is 44.4.